The van der Waals surface area contributed by atoms with E-state index in [1.807, 2.05) is 43.0 Å². The molecule has 1 aromatic carbocycles. The molecule has 0 bridgehead atoms. The van der Waals surface area contributed by atoms with Crippen LogP contribution in [-0.4, -0.2) is 65.0 Å². The van der Waals surface area contributed by atoms with Crippen LogP contribution < -0.4 is 5.32 Å². The molecule has 2 rings (SSSR count). The highest BCUT2D eigenvalue weighted by atomic mass is 35.5. The lowest BCUT2D eigenvalue weighted by molar-refractivity contribution is -0.139. The zero-order valence-corrected chi connectivity index (χ0v) is 17.4. The molecule has 1 atom stereocenters. The number of benzene rings is 1. The van der Waals surface area contributed by atoms with Gasteiger partial charge in [0.05, 0.1) is 12.6 Å². The second kappa shape index (κ2) is 11.5. The van der Waals surface area contributed by atoms with Gasteiger partial charge in [-0.3, -0.25) is 19.4 Å². The fourth-order valence-electron chi connectivity index (χ4n) is 3.45. The third kappa shape index (κ3) is 6.96. The second-order valence-electron chi connectivity index (χ2n) is 6.71. The minimum Gasteiger partial charge on any atom is -0.480 e. The number of carboxylic acid groups (broad SMARTS) is 1. The summed E-state index contributed by atoms with van der Waals surface area (Å²) in [5.41, 5.74) is 0.903. The van der Waals surface area contributed by atoms with E-state index in [0.29, 0.717) is 11.6 Å². The Morgan fingerprint density at radius 1 is 1.33 bits per heavy atom. The van der Waals surface area contributed by atoms with Crippen LogP contribution in [0.2, 0.25) is 5.02 Å². The normalized spacial score (nSPS) is 16.6. The summed E-state index contributed by atoms with van der Waals surface area (Å²) in [5.74, 6) is -0.803. The molecule has 27 heavy (non-hydrogen) atoms. The van der Waals surface area contributed by atoms with Crippen LogP contribution in [0.1, 0.15) is 32.3 Å². The number of likely N-dealkylation sites (N-methyl/N-ethyl adjacent to an activating group) is 1. The zero-order chi connectivity index (χ0) is 19.1. The topological polar surface area (TPSA) is 72.9 Å². The minimum absolute atomic E-state index is 0. The third-order valence-electron chi connectivity index (χ3n) is 5.10. The number of halogens is 2. The zero-order valence-electron chi connectivity index (χ0n) is 15.9. The van der Waals surface area contributed by atoms with E-state index >= 15 is 0 Å². The molecule has 0 aliphatic carbocycles. The Morgan fingerprint density at radius 3 is 2.52 bits per heavy atom. The van der Waals surface area contributed by atoms with Crippen LogP contribution >= 0.6 is 24.0 Å². The minimum atomic E-state index is -0.790. The maximum Gasteiger partial charge on any atom is 0.317 e. The maximum absolute atomic E-state index is 12.5. The van der Waals surface area contributed by atoms with Crippen LogP contribution in [0.25, 0.3) is 0 Å². The van der Waals surface area contributed by atoms with Crippen molar-refractivity contribution in [3.05, 3.63) is 34.9 Å². The van der Waals surface area contributed by atoms with Gasteiger partial charge in [-0.15, -0.1) is 12.4 Å². The molecule has 1 amide bonds. The van der Waals surface area contributed by atoms with Gasteiger partial charge in [0.1, 0.15) is 0 Å². The molecular weight excluding hydrogens is 389 g/mol. The molecule has 6 nitrogen and oxygen atoms in total. The van der Waals surface area contributed by atoms with Crippen LogP contribution in [0.4, 0.5) is 0 Å². The first kappa shape index (κ1) is 23.7. The van der Waals surface area contributed by atoms with Gasteiger partial charge in [-0.05, 0) is 37.9 Å². The molecule has 1 aromatic rings. The van der Waals surface area contributed by atoms with Gasteiger partial charge in [-0.1, -0.05) is 36.7 Å². The van der Waals surface area contributed by atoms with Crippen molar-refractivity contribution in [1.29, 1.82) is 0 Å². The van der Waals surface area contributed by atoms with E-state index in [9.17, 15) is 9.59 Å². The van der Waals surface area contributed by atoms with Crippen molar-refractivity contribution in [1.82, 2.24) is 15.1 Å². The number of carbonyl (C=O) groups excluding carboxylic acids is 1. The van der Waals surface area contributed by atoms with E-state index in [4.69, 9.17) is 16.7 Å². The Hall–Kier alpha value is -1.34. The Balaban J connectivity index is 0.00000364. The van der Waals surface area contributed by atoms with Gasteiger partial charge in [-0.2, -0.15) is 0 Å². The summed E-state index contributed by atoms with van der Waals surface area (Å²) in [6.07, 6.45) is 1.76. The number of piperidine rings is 1. The van der Waals surface area contributed by atoms with E-state index in [1.54, 1.807) is 0 Å². The number of amides is 1. The molecule has 0 spiro atoms. The van der Waals surface area contributed by atoms with Crippen molar-refractivity contribution in [2.24, 2.45) is 0 Å². The second-order valence-corrected chi connectivity index (χ2v) is 7.12. The summed E-state index contributed by atoms with van der Waals surface area (Å²) in [7, 11) is 0. The predicted octanol–water partition coefficient (Wildman–Crippen LogP) is 2.64. The highest BCUT2D eigenvalue weighted by Gasteiger charge is 2.29. The van der Waals surface area contributed by atoms with Gasteiger partial charge in [0.15, 0.2) is 0 Å². The van der Waals surface area contributed by atoms with E-state index in [0.717, 1.165) is 38.0 Å². The first-order valence-corrected chi connectivity index (χ1v) is 9.51. The predicted molar refractivity (Wildman–Crippen MR) is 109 cm³/mol. The number of aliphatic carboxylic acids is 1. The highest BCUT2D eigenvalue weighted by Crippen LogP contribution is 2.19. The molecule has 1 aliphatic heterocycles. The van der Waals surface area contributed by atoms with Crippen LogP contribution in [0.5, 0.6) is 0 Å². The number of likely N-dealkylation sites (tertiary alicyclic amines) is 1. The van der Waals surface area contributed by atoms with Crippen LogP contribution in [0, 0.1) is 0 Å². The number of nitrogens with zero attached hydrogens (tertiary/aromatic N) is 2. The number of carbonyl (C=O) groups is 2. The van der Waals surface area contributed by atoms with Gasteiger partial charge in [0.2, 0.25) is 5.91 Å². The largest absolute Gasteiger partial charge is 0.480 e. The fraction of sp³-hybridized carbons (Fsp3) is 0.579. The van der Waals surface area contributed by atoms with Crippen molar-refractivity contribution in [3.63, 3.8) is 0 Å². The highest BCUT2D eigenvalue weighted by molar-refractivity contribution is 6.31. The lowest BCUT2D eigenvalue weighted by Crippen LogP contribution is -2.52. The Morgan fingerprint density at radius 2 is 1.96 bits per heavy atom. The first-order valence-electron chi connectivity index (χ1n) is 9.13. The van der Waals surface area contributed by atoms with E-state index in [2.05, 4.69) is 10.2 Å². The molecule has 0 saturated carbocycles. The number of nitrogens with one attached hydrogen (secondary N) is 1. The molecule has 1 unspecified atom stereocenters. The Labute approximate surface area is 172 Å². The van der Waals surface area contributed by atoms with Crippen LogP contribution in [0.15, 0.2) is 24.3 Å². The van der Waals surface area contributed by atoms with Crippen molar-refractivity contribution in [3.8, 4) is 0 Å². The molecule has 1 saturated heterocycles. The monoisotopic (exact) mass is 417 g/mol. The summed E-state index contributed by atoms with van der Waals surface area (Å²) >= 11 is 6.12. The standard InChI is InChI=1S/C19H28ClN3O3.ClH/c1-3-22(13-18(24)25)16-8-10-23(11-9-16)14(2)19(26)21-12-15-6-4-5-7-17(15)20;/h4-7,14,16H,3,8-13H2,1-2H3,(H,21,26)(H,24,25);1H. The Bertz CT molecular complexity index is 622. The first-order chi connectivity index (χ1) is 12.4. The molecule has 1 fully saturated rings. The molecule has 1 aliphatic rings. The summed E-state index contributed by atoms with van der Waals surface area (Å²) in [6, 6.07) is 7.54. The van der Waals surface area contributed by atoms with E-state index < -0.39 is 5.97 Å². The smallest absolute Gasteiger partial charge is 0.317 e. The number of hydrogen-bond donors (Lipinski definition) is 2. The summed E-state index contributed by atoms with van der Waals surface area (Å²) in [4.78, 5) is 27.6. The summed E-state index contributed by atoms with van der Waals surface area (Å²) in [6.45, 7) is 6.71. The molecule has 152 valence electrons. The number of carboxylic acids is 1. The SMILES string of the molecule is CCN(CC(=O)O)C1CCN(C(C)C(=O)NCc2ccccc2Cl)CC1.Cl. The van der Waals surface area contributed by atoms with Crippen molar-refractivity contribution in [2.75, 3.05) is 26.2 Å². The quantitative estimate of drug-likeness (QED) is 0.679. The number of rotatable bonds is 8. The molecule has 8 heteroatoms. The van der Waals surface area contributed by atoms with Gasteiger partial charge < -0.3 is 10.4 Å². The van der Waals surface area contributed by atoms with Crippen molar-refractivity contribution >= 4 is 35.9 Å². The van der Waals surface area contributed by atoms with Crippen molar-refractivity contribution < 1.29 is 14.7 Å². The molecular formula is C19H29Cl2N3O3. The van der Waals surface area contributed by atoms with Crippen LogP contribution in [-0.2, 0) is 16.1 Å². The lowest BCUT2D eigenvalue weighted by atomic mass is 10.0. The van der Waals surface area contributed by atoms with Crippen molar-refractivity contribution in [2.45, 2.75) is 45.3 Å². The molecule has 1 heterocycles. The maximum atomic E-state index is 12.5. The average Bonchev–Trinajstić information content (AvgIpc) is 2.64. The van der Waals surface area contributed by atoms with Crippen LogP contribution in [0.3, 0.4) is 0 Å². The van der Waals surface area contributed by atoms with E-state index in [-0.39, 0.29) is 36.9 Å². The van der Waals surface area contributed by atoms with Gasteiger partial charge in [0, 0.05) is 30.7 Å². The third-order valence-corrected chi connectivity index (χ3v) is 5.47. The molecule has 2 N–H and O–H groups in total. The fourth-order valence-corrected chi connectivity index (χ4v) is 3.65. The summed E-state index contributed by atoms with van der Waals surface area (Å²) < 4.78 is 0. The average molecular weight is 418 g/mol. The van der Waals surface area contributed by atoms with E-state index in [1.165, 1.54) is 0 Å². The lowest BCUT2D eigenvalue weighted by Gasteiger charge is -2.39. The Kier molecular flexibility index (Phi) is 10.1. The number of hydrogen-bond acceptors (Lipinski definition) is 4. The van der Waals surface area contributed by atoms with Gasteiger partial charge >= 0.3 is 5.97 Å². The van der Waals surface area contributed by atoms with Gasteiger partial charge in [-0.25, -0.2) is 0 Å². The molecule has 0 aromatic heterocycles. The molecule has 0 radical (unpaired) electrons. The summed E-state index contributed by atoms with van der Waals surface area (Å²) in [5, 5.41) is 12.6. The van der Waals surface area contributed by atoms with Gasteiger partial charge in [0.25, 0.3) is 0 Å².